The summed E-state index contributed by atoms with van der Waals surface area (Å²) >= 11 is 0. The van der Waals surface area contributed by atoms with Crippen molar-refractivity contribution in [2.45, 2.75) is 26.4 Å². The predicted molar refractivity (Wildman–Crippen MR) is 42.6 cm³/mol. The van der Waals surface area contributed by atoms with Gasteiger partial charge in [0.2, 0.25) is 0 Å². The monoisotopic (exact) mass is 146 g/mol. The van der Waals surface area contributed by atoms with Gasteiger partial charge in [-0.2, -0.15) is 0 Å². The summed E-state index contributed by atoms with van der Waals surface area (Å²) in [6.45, 7) is 5.89. The third-order valence-corrected chi connectivity index (χ3v) is 1.68. The summed E-state index contributed by atoms with van der Waals surface area (Å²) in [5, 5.41) is 8.61. The molecule has 0 heterocycles. The molecule has 3 heteroatoms. The average molecular weight is 146 g/mol. The lowest BCUT2D eigenvalue weighted by Gasteiger charge is -2.25. The third-order valence-electron chi connectivity index (χ3n) is 1.68. The lowest BCUT2D eigenvalue weighted by atomic mass is 10.3. The van der Waals surface area contributed by atoms with Crippen LogP contribution >= 0.6 is 0 Å². The van der Waals surface area contributed by atoms with Gasteiger partial charge in [0.25, 0.3) is 0 Å². The van der Waals surface area contributed by atoms with E-state index < -0.39 is 0 Å². The van der Waals surface area contributed by atoms with E-state index in [0.29, 0.717) is 6.54 Å². The molecule has 0 aromatic heterocycles. The predicted octanol–water partition coefficient (Wildman–Crippen LogP) is -0.00460. The fourth-order valence-corrected chi connectivity index (χ4v) is 0.945. The Balaban J connectivity index is 3.56. The maximum absolute atomic E-state index is 8.61. The number of rotatable bonds is 5. The van der Waals surface area contributed by atoms with Gasteiger partial charge in [-0.15, -0.1) is 0 Å². The van der Waals surface area contributed by atoms with Crippen LogP contribution in [0.15, 0.2) is 0 Å². The van der Waals surface area contributed by atoms with Crippen molar-refractivity contribution in [2.75, 3.05) is 19.7 Å². The van der Waals surface area contributed by atoms with E-state index in [9.17, 15) is 0 Å². The topological polar surface area (TPSA) is 49.5 Å². The van der Waals surface area contributed by atoms with Gasteiger partial charge < -0.3 is 10.8 Å². The number of aliphatic hydroxyl groups excluding tert-OH is 1. The molecule has 0 rings (SSSR count). The Bertz CT molecular complexity index is 78.0. The van der Waals surface area contributed by atoms with Crippen molar-refractivity contribution in [2.24, 2.45) is 5.73 Å². The van der Waals surface area contributed by atoms with Crippen molar-refractivity contribution in [1.82, 2.24) is 4.90 Å². The van der Waals surface area contributed by atoms with E-state index >= 15 is 0 Å². The van der Waals surface area contributed by atoms with E-state index in [1.54, 1.807) is 0 Å². The maximum atomic E-state index is 8.61. The molecule has 0 aliphatic rings. The van der Waals surface area contributed by atoms with Gasteiger partial charge in [0, 0.05) is 6.54 Å². The Kier molecular flexibility index (Phi) is 5.58. The molecule has 10 heavy (non-hydrogen) atoms. The van der Waals surface area contributed by atoms with Gasteiger partial charge in [-0.25, -0.2) is 0 Å². The number of hydrogen-bond acceptors (Lipinski definition) is 3. The minimum atomic E-state index is 0.108. The molecule has 0 aliphatic heterocycles. The average Bonchev–Trinajstić information content (AvgIpc) is 1.99. The van der Waals surface area contributed by atoms with E-state index in [0.717, 1.165) is 13.0 Å². The Hall–Kier alpha value is -0.120. The highest BCUT2D eigenvalue weighted by molar-refractivity contribution is 4.61. The van der Waals surface area contributed by atoms with Gasteiger partial charge in [-0.1, -0.05) is 13.8 Å². The van der Waals surface area contributed by atoms with E-state index in [4.69, 9.17) is 10.8 Å². The number of nitrogens with two attached hydrogens (primary N) is 1. The molecule has 0 fully saturated rings. The Morgan fingerprint density at radius 3 is 2.40 bits per heavy atom. The highest BCUT2D eigenvalue weighted by Crippen LogP contribution is 1.95. The van der Waals surface area contributed by atoms with Crippen molar-refractivity contribution >= 4 is 0 Å². The molecule has 0 aromatic rings. The third kappa shape index (κ3) is 3.15. The normalized spacial score (nSPS) is 14.1. The van der Waals surface area contributed by atoms with Crippen LogP contribution in [0.25, 0.3) is 0 Å². The number of nitrogens with zero attached hydrogens (tertiary/aromatic N) is 1. The van der Waals surface area contributed by atoms with Crippen LogP contribution in [-0.4, -0.2) is 35.9 Å². The SMILES string of the molecule is CCC(N)N(CC)CCO. The number of aliphatic hydroxyl groups is 1. The van der Waals surface area contributed by atoms with Crippen LogP contribution in [0.4, 0.5) is 0 Å². The fourth-order valence-electron chi connectivity index (χ4n) is 0.945. The van der Waals surface area contributed by atoms with Crippen LogP contribution in [0.1, 0.15) is 20.3 Å². The highest BCUT2D eigenvalue weighted by Gasteiger charge is 2.07. The zero-order valence-corrected chi connectivity index (χ0v) is 6.88. The molecule has 0 saturated heterocycles. The standard InChI is InChI=1S/C7H18N2O/c1-3-7(8)9(4-2)5-6-10/h7,10H,3-6,8H2,1-2H3. The van der Waals surface area contributed by atoms with Crippen LogP contribution in [-0.2, 0) is 0 Å². The van der Waals surface area contributed by atoms with Crippen molar-refractivity contribution < 1.29 is 5.11 Å². The molecule has 3 N–H and O–H groups in total. The zero-order chi connectivity index (χ0) is 7.98. The molecule has 0 spiro atoms. The Labute approximate surface area is 62.8 Å². The van der Waals surface area contributed by atoms with Crippen LogP contribution in [0, 0.1) is 0 Å². The van der Waals surface area contributed by atoms with Crippen molar-refractivity contribution in [1.29, 1.82) is 0 Å². The van der Waals surface area contributed by atoms with Crippen LogP contribution < -0.4 is 5.73 Å². The first-order chi connectivity index (χ1) is 4.76. The zero-order valence-electron chi connectivity index (χ0n) is 6.88. The molecule has 3 nitrogen and oxygen atoms in total. The van der Waals surface area contributed by atoms with Gasteiger partial charge in [0.1, 0.15) is 0 Å². The minimum absolute atomic E-state index is 0.108. The lowest BCUT2D eigenvalue weighted by molar-refractivity contribution is 0.156. The van der Waals surface area contributed by atoms with Crippen LogP contribution in [0.5, 0.6) is 0 Å². The molecule has 62 valence electrons. The first-order valence-corrected chi connectivity index (χ1v) is 3.86. The van der Waals surface area contributed by atoms with Crippen molar-refractivity contribution in [3.8, 4) is 0 Å². The van der Waals surface area contributed by atoms with Crippen molar-refractivity contribution in [3.05, 3.63) is 0 Å². The maximum Gasteiger partial charge on any atom is 0.0569 e. The van der Waals surface area contributed by atoms with Crippen LogP contribution in [0.3, 0.4) is 0 Å². The summed E-state index contributed by atoms with van der Waals surface area (Å²) in [4.78, 5) is 2.06. The second-order valence-electron chi connectivity index (χ2n) is 2.33. The molecule has 0 saturated carbocycles. The van der Waals surface area contributed by atoms with Crippen molar-refractivity contribution in [3.63, 3.8) is 0 Å². The van der Waals surface area contributed by atoms with Crippen LogP contribution in [0.2, 0.25) is 0 Å². The molecular formula is C7H18N2O. The fraction of sp³-hybridized carbons (Fsp3) is 1.00. The largest absolute Gasteiger partial charge is 0.395 e. The quantitative estimate of drug-likeness (QED) is 0.537. The summed E-state index contributed by atoms with van der Waals surface area (Å²) in [6, 6.07) is 0. The first-order valence-electron chi connectivity index (χ1n) is 3.86. The smallest absolute Gasteiger partial charge is 0.0569 e. The second kappa shape index (κ2) is 5.65. The molecule has 0 bridgehead atoms. The van der Waals surface area contributed by atoms with E-state index in [1.807, 2.05) is 13.8 Å². The molecule has 0 amide bonds. The van der Waals surface area contributed by atoms with E-state index in [2.05, 4.69) is 4.90 Å². The summed E-state index contributed by atoms with van der Waals surface area (Å²) in [5.74, 6) is 0. The van der Waals surface area contributed by atoms with Gasteiger partial charge in [-0.3, -0.25) is 4.90 Å². The minimum Gasteiger partial charge on any atom is -0.395 e. The highest BCUT2D eigenvalue weighted by atomic mass is 16.3. The van der Waals surface area contributed by atoms with Gasteiger partial charge in [0.15, 0.2) is 0 Å². The summed E-state index contributed by atoms with van der Waals surface area (Å²) in [5.41, 5.74) is 5.73. The summed E-state index contributed by atoms with van der Waals surface area (Å²) in [7, 11) is 0. The Morgan fingerprint density at radius 1 is 1.50 bits per heavy atom. The Morgan fingerprint density at radius 2 is 2.10 bits per heavy atom. The summed E-state index contributed by atoms with van der Waals surface area (Å²) in [6.07, 6.45) is 1.05. The first kappa shape index (κ1) is 9.88. The molecule has 1 atom stereocenters. The van der Waals surface area contributed by atoms with E-state index in [1.165, 1.54) is 0 Å². The van der Waals surface area contributed by atoms with Gasteiger partial charge in [0.05, 0.1) is 12.8 Å². The van der Waals surface area contributed by atoms with Gasteiger partial charge in [-0.05, 0) is 13.0 Å². The lowest BCUT2D eigenvalue weighted by Crippen LogP contribution is -2.42. The second-order valence-corrected chi connectivity index (χ2v) is 2.33. The summed E-state index contributed by atoms with van der Waals surface area (Å²) < 4.78 is 0. The number of likely N-dealkylation sites (N-methyl/N-ethyl adjacent to an activating group) is 1. The molecular weight excluding hydrogens is 128 g/mol. The molecule has 0 aliphatic carbocycles. The molecule has 0 radical (unpaired) electrons. The van der Waals surface area contributed by atoms with Gasteiger partial charge >= 0.3 is 0 Å². The molecule has 0 aromatic carbocycles. The van der Waals surface area contributed by atoms with E-state index in [-0.39, 0.29) is 12.8 Å². The number of hydrogen-bond donors (Lipinski definition) is 2. The molecule has 1 unspecified atom stereocenters.